The SMILES string of the molecule is O=c1c2cc(Br)c(O)cc2oc2cc(O)c(Br)cc12. The Morgan fingerprint density at radius 3 is 1.68 bits per heavy atom. The van der Waals surface area contributed by atoms with Crippen molar-refractivity contribution in [3.8, 4) is 11.5 Å². The third-order valence-electron chi connectivity index (χ3n) is 2.81. The minimum absolute atomic E-state index is 0.0173. The highest BCUT2D eigenvalue weighted by atomic mass is 79.9. The lowest BCUT2D eigenvalue weighted by molar-refractivity contribution is 0.470. The number of benzene rings is 2. The Kier molecular flexibility index (Phi) is 2.79. The van der Waals surface area contributed by atoms with Gasteiger partial charge in [-0.3, -0.25) is 4.79 Å². The second kappa shape index (κ2) is 4.25. The molecule has 2 N–H and O–H groups in total. The molecule has 0 bridgehead atoms. The van der Waals surface area contributed by atoms with Gasteiger partial charge in [0.05, 0.1) is 19.7 Å². The van der Waals surface area contributed by atoms with Crippen molar-refractivity contribution in [3.63, 3.8) is 0 Å². The number of hydrogen-bond acceptors (Lipinski definition) is 4. The highest BCUT2D eigenvalue weighted by Crippen LogP contribution is 2.32. The van der Waals surface area contributed by atoms with Gasteiger partial charge in [-0.25, -0.2) is 0 Å². The van der Waals surface area contributed by atoms with Crippen molar-refractivity contribution in [1.82, 2.24) is 0 Å². The van der Waals surface area contributed by atoms with Crippen LogP contribution in [0.5, 0.6) is 11.5 Å². The van der Waals surface area contributed by atoms with Crippen LogP contribution in [0, 0.1) is 0 Å². The van der Waals surface area contributed by atoms with E-state index in [1.165, 1.54) is 24.3 Å². The van der Waals surface area contributed by atoms with Gasteiger partial charge in [-0.2, -0.15) is 0 Å². The summed E-state index contributed by atoms with van der Waals surface area (Å²) in [6, 6.07) is 5.74. The maximum Gasteiger partial charge on any atom is 0.200 e. The zero-order chi connectivity index (χ0) is 13.7. The van der Waals surface area contributed by atoms with Gasteiger partial charge in [0.25, 0.3) is 0 Å². The van der Waals surface area contributed by atoms with Crippen LogP contribution in [-0.2, 0) is 0 Å². The average Bonchev–Trinajstić information content (AvgIpc) is 2.35. The lowest BCUT2D eigenvalue weighted by Crippen LogP contribution is -2.02. The first-order valence-corrected chi connectivity index (χ1v) is 6.83. The Balaban J connectivity index is 2.56. The summed E-state index contributed by atoms with van der Waals surface area (Å²) in [5.74, 6) is -0.0346. The molecule has 0 aliphatic heterocycles. The molecule has 0 spiro atoms. The van der Waals surface area contributed by atoms with Crippen LogP contribution in [0.2, 0.25) is 0 Å². The fourth-order valence-corrected chi connectivity index (χ4v) is 2.56. The third kappa shape index (κ3) is 1.91. The normalized spacial score (nSPS) is 11.3. The van der Waals surface area contributed by atoms with Crippen LogP contribution >= 0.6 is 31.9 Å². The maximum absolute atomic E-state index is 12.4. The molecule has 0 radical (unpaired) electrons. The number of phenols is 2. The van der Waals surface area contributed by atoms with Crippen molar-refractivity contribution in [2.45, 2.75) is 0 Å². The molecule has 3 rings (SSSR count). The predicted molar refractivity (Wildman–Crippen MR) is 78.7 cm³/mol. The fourth-order valence-electron chi connectivity index (χ4n) is 1.87. The molecular weight excluding hydrogens is 380 g/mol. The highest BCUT2D eigenvalue weighted by molar-refractivity contribution is 9.10. The van der Waals surface area contributed by atoms with Gasteiger partial charge in [0.15, 0.2) is 0 Å². The molecular formula is C13H6Br2O4. The first kappa shape index (κ1) is 12.5. The van der Waals surface area contributed by atoms with Gasteiger partial charge in [-0.05, 0) is 44.0 Å². The van der Waals surface area contributed by atoms with E-state index in [1.54, 1.807) is 0 Å². The number of phenolic OH excluding ortho intramolecular Hbond substituents is 2. The number of hydrogen-bond donors (Lipinski definition) is 2. The molecule has 0 atom stereocenters. The summed E-state index contributed by atoms with van der Waals surface area (Å²) in [4.78, 5) is 12.4. The van der Waals surface area contributed by atoms with Crippen LogP contribution in [0.1, 0.15) is 0 Å². The van der Waals surface area contributed by atoms with Crippen molar-refractivity contribution < 1.29 is 14.6 Å². The Bertz CT molecular complexity index is 814. The second-order valence-corrected chi connectivity index (χ2v) is 5.74. The topological polar surface area (TPSA) is 70.7 Å². The summed E-state index contributed by atoms with van der Waals surface area (Å²) in [5.41, 5.74) is 0.303. The van der Waals surface area contributed by atoms with Gasteiger partial charge in [-0.1, -0.05) is 0 Å². The molecule has 0 aliphatic rings. The van der Waals surface area contributed by atoms with E-state index in [0.717, 1.165) is 0 Å². The third-order valence-corrected chi connectivity index (χ3v) is 4.08. The van der Waals surface area contributed by atoms with Gasteiger partial charge in [0, 0.05) is 12.1 Å². The second-order valence-electron chi connectivity index (χ2n) is 4.03. The molecule has 6 heteroatoms. The van der Waals surface area contributed by atoms with Crippen molar-refractivity contribution in [2.24, 2.45) is 0 Å². The fraction of sp³-hybridized carbons (Fsp3) is 0. The van der Waals surface area contributed by atoms with Crippen LogP contribution in [0.15, 0.2) is 42.4 Å². The monoisotopic (exact) mass is 384 g/mol. The highest BCUT2D eigenvalue weighted by Gasteiger charge is 2.12. The van der Waals surface area contributed by atoms with E-state index in [9.17, 15) is 15.0 Å². The molecule has 2 aromatic carbocycles. The van der Waals surface area contributed by atoms with Gasteiger partial charge >= 0.3 is 0 Å². The van der Waals surface area contributed by atoms with Gasteiger partial charge in [0.2, 0.25) is 5.43 Å². The van der Waals surface area contributed by atoms with E-state index >= 15 is 0 Å². The van der Waals surface area contributed by atoms with Crippen LogP contribution in [0.4, 0.5) is 0 Å². The van der Waals surface area contributed by atoms with Crippen LogP contribution in [0.3, 0.4) is 0 Å². The number of fused-ring (bicyclic) bond motifs is 2. The van der Waals surface area contributed by atoms with Gasteiger partial charge in [-0.15, -0.1) is 0 Å². The van der Waals surface area contributed by atoms with E-state index in [0.29, 0.717) is 19.7 Å². The summed E-state index contributed by atoms with van der Waals surface area (Å²) < 4.78 is 6.38. The Morgan fingerprint density at radius 2 is 1.26 bits per heavy atom. The lowest BCUT2D eigenvalue weighted by Gasteiger charge is -2.05. The van der Waals surface area contributed by atoms with Crippen molar-refractivity contribution >= 4 is 53.8 Å². The smallest absolute Gasteiger partial charge is 0.200 e. The molecule has 1 aromatic heterocycles. The molecule has 0 saturated carbocycles. The number of halogens is 2. The molecule has 0 unspecified atom stereocenters. The molecule has 0 amide bonds. The van der Waals surface area contributed by atoms with Crippen molar-refractivity contribution in [2.75, 3.05) is 0 Å². The number of rotatable bonds is 0. The quantitative estimate of drug-likeness (QED) is 0.576. The Labute approximate surface area is 123 Å². The van der Waals surface area contributed by atoms with Crippen LogP contribution in [0.25, 0.3) is 21.9 Å². The van der Waals surface area contributed by atoms with E-state index < -0.39 is 0 Å². The summed E-state index contributed by atoms with van der Waals surface area (Å²) in [6.45, 7) is 0. The molecule has 0 aliphatic carbocycles. The Hall–Kier alpha value is -1.53. The van der Waals surface area contributed by atoms with E-state index in [2.05, 4.69) is 31.9 Å². The zero-order valence-corrected chi connectivity index (χ0v) is 12.4. The molecule has 4 nitrogen and oxygen atoms in total. The molecule has 1 heterocycles. The molecule has 19 heavy (non-hydrogen) atoms. The molecule has 96 valence electrons. The number of aromatic hydroxyl groups is 2. The largest absolute Gasteiger partial charge is 0.507 e. The summed E-state index contributed by atoms with van der Waals surface area (Å²) in [7, 11) is 0. The van der Waals surface area contributed by atoms with Crippen LogP contribution in [-0.4, -0.2) is 10.2 Å². The molecule has 0 saturated heterocycles. The van der Waals surface area contributed by atoms with E-state index in [1.807, 2.05) is 0 Å². The predicted octanol–water partition coefficient (Wildman–Crippen LogP) is 3.88. The minimum atomic E-state index is -0.224. The Morgan fingerprint density at radius 1 is 0.842 bits per heavy atom. The summed E-state index contributed by atoms with van der Waals surface area (Å²) in [5, 5.41) is 19.9. The van der Waals surface area contributed by atoms with E-state index in [4.69, 9.17) is 4.42 Å². The molecule has 3 aromatic rings. The van der Waals surface area contributed by atoms with Crippen molar-refractivity contribution in [3.05, 3.63) is 43.4 Å². The maximum atomic E-state index is 12.4. The standard InChI is InChI=1S/C13H6Br2O4/c14-7-1-5-11(3-9(7)16)19-12-4-10(17)8(15)2-6(12)13(5)18/h1-4,16-17H. The lowest BCUT2D eigenvalue weighted by atomic mass is 10.1. The zero-order valence-electron chi connectivity index (χ0n) is 9.28. The van der Waals surface area contributed by atoms with E-state index in [-0.39, 0.29) is 28.1 Å². The summed E-state index contributed by atoms with van der Waals surface area (Å²) >= 11 is 6.32. The average molecular weight is 386 g/mol. The first-order valence-electron chi connectivity index (χ1n) is 5.25. The van der Waals surface area contributed by atoms with Gasteiger partial charge < -0.3 is 14.6 Å². The first-order chi connectivity index (χ1) is 8.97. The van der Waals surface area contributed by atoms with Crippen LogP contribution < -0.4 is 5.43 Å². The van der Waals surface area contributed by atoms with Gasteiger partial charge in [0.1, 0.15) is 22.7 Å². The minimum Gasteiger partial charge on any atom is -0.507 e. The van der Waals surface area contributed by atoms with Crippen molar-refractivity contribution in [1.29, 1.82) is 0 Å². The molecule has 0 fully saturated rings. The summed E-state index contributed by atoms with van der Waals surface area (Å²) in [6.07, 6.45) is 0.